The summed E-state index contributed by atoms with van der Waals surface area (Å²) in [4.78, 5) is 0. The van der Waals surface area contributed by atoms with Gasteiger partial charge in [-0.2, -0.15) is 0 Å². The topological polar surface area (TPSA) is 0 Å². The molecule has 0 unspecified atom stereocenters. The molecule has 2 rings (SSSR count). The molecule has 0 aromatic heterocycles. The van der Waals surface area contributed by atoms with Crippen molar-refractivity contribution >= 4 is 10.0 Å². The first-order chi connectivity index (χ1) is 7.20. The Morgan fingerprint density at radius 3 is 2.67 bits per heavy atom. The van der Waals surface area contributed by atoms with Crippen LogP contribution in [0.1, 0.15) is 37.3 Å². The van der Waals surface area contributed by atoms with Crippen LogP contribution < -0.4 is 4.46 Å². The van der Waals surface area contributed by atoms with Crippen molar-refractivity contribution in [3.05, 3.63) is 47.6 Å². The van der Waals surface area contributed by atoms with Crippen molar-refractivity contribution < 1.29 is 16.0 Å². The molecule has 0 bridgehead atoms. The number of rotatable bonds is 2. The number of allylic oxidation sites excluding steroid dienone is 4. The Morgan fingerprint density at radius 1 is 1.27 bits per heavy atom. The molecule has 0 N–H and O–H groups in total. The average Bonchev–Trinajstić information content (AvgIpc) is 2.69. The second-order valence-electron chi connectivity index (χ2n) is 4.17. The van der Waals surface area contributed by atoms with E-state index in [0.717, 1.165) is 10.9 Å². The van der Waals surface area contributed by atoms with Gasteiger partial charge in [0.25, 0.3) is 0 Å². The van der Waals surface area contributed by atoms with Crippen LogP contribution in [-0.4, -0.2) is 0 Å². The number of hydrogen-bond acceptors (Lipinski definition) is 0. The van der Waals surface area contributed by atoms with Crippen molar-refractivity contribution in [2.45, 2.75) is 26.2 Å². The molecular formula is C14H15Fe. The molecule has 0 atom stereocenters. The zero-order valence-electron chi connectivity index (χ0n) is 9.10. The van der Waals surface area contributed by atoms with Crippen molar-refractivity contribution in [3.63, 3.8) is 0 Å². The predicted octanol–water partition coefficient (Wildman–Crippen LogP) is 3.33. The van der Waals surface area contributed by atoms with E-state index >= 15 is 0 Å². The molecule has 0 heterocycles. The Labute approximate surface area is 99.9 Å². The molecule has 0 radical (unpaired) electrons. The first kappa shape index (κ1) is 10.7. The third-order valence-electron chi connectivity index (χ3n) is 2.74. The predicted molar refractivity (Wildman–Crippen MR) is 61.9 cm³/mol. The zero-order valence-corrected chi connectivity index (χ0v) is 10.2. The van der Waals surface area contributed by atoms with Gasteiger partial charge in [-0.3, -0.25) is 0 Å². The summed E-state index contributed by atoms with van der Waals surface area (Å²) in [5.74, 6) is 0.537. The molecular weight excluding hydrogens is 224 g/mol. The molecule has 0 amide bonds. The summed E-state index contributed by atoms with van der Waals surface area (Å²) in [6.07, 6.45) is 7.61. The van der Waals surface area contributed by atoms with Crippen LogP contribution in [0.2, 0.25) is 0 Å². The van der Waals surface area contributed by atoms with Crippen molar-refractivity contribution in [3.8, 4) is 0 Å². The SMILES string of the molecule is CC(C)c1[c]([Fe])cccc1C1=CC=CC1. The molecule has 1 aliphatic rings. The van der Waals surface area contributed by atoms with E-state index in [1.54, 1.807) is 0 Å². The van der Waals surface area contributed by atoms with Crippen LogP contribution in [0.3, 0.4) is 0 Å². The van der Waals surface area contributed by atoms with Crippen molar-refractivity contribution in [1.82, 2.24) is 0 Å². The van der Waals surface area contributed by atoms with Crippen LogP contribution >= 0.6 is 0 Å². The van der Waals surface area contributed by atoms with Crippen molar-refractivity contribution in [2.24, 2.45) is 0 Å². The second kappa shape index (κ2) is 4.38. The van der Waals surface area contributed by atoms with Gasteiger partial charge < -0.3 is 0 Å². The van der Waals surface area contributed by atoms with Gasteiger partial charge in [0.1, 0.15) is 0 Å². The summed E-state index contributed by atoms with van der Waals surface area (Å²) in [7, 11) is 0. The molecule has 0 fully saturated rings. The van der Waals surface area contributed by atoms with Gasteiger partial charge in [-0.1, -0.05) is 0 Å². The maximum atomic E-state index is 4.13. The van der Waals surface area contributed by atoms with E-state index in [9.17, 15) is 0 Å². The first-order valence-electron chi connectivity index (χ1n) is 5.33. The molecule has 0 aliphatic heterocycles. The minimum atomic E-state index is 0.537. The fourth-order valence-corrected chi connectivity index (χ4v) is 2.61. The summed E-state index contributed by atoms with van der Waals surface area (Å²) in [5, 5.41) is 0. The van der Waals surface area contributed by atoms with Crippen molar-refractivity contribution in [2.75, 3.05) is 0 Å². The van der Waals surface area contributed by atoms with Crippen LogP contribution in [-0.2, 0) is 16.0 Å². The third kappa shape index (κ3) is 2.09. The van der Waals surface area contributed by atoms with Crippen molar-refractivity contribution in [1.29, 1.82) is 0 Å². The van der Waals surface area contributed by atoms with E-state index in [-0.39, 0.29) is 0 Å². The molecule has 1 aliphatic carbocycles. The number of benzene rings is 1. The fraction of sp³-hybridized carbons (Fsp3) is 0.286. The van der Waals surface area contributed by atoms with E-state index in [4.69, 9.17) is 0 Å². The van der Waals surface area contributed by atoms with E-state index < -0.39 is 0 Å². The average molecular weight is 239 g/mol. The van der Waals surface area contributed by atoms with E-state index in [1.807, 2.05) is 0 Å². The van der Waals surface area contributed by atoms with Gasteiger partial charge >= 0.3 is 99.8 Å². The Balaban J connectivity index is 2.51. The summed E-state index contributed by atoms with van der Waals surface area (Å²) in [6.45, 7) is 4.47. The van der Waals surface area contributed by atoms with Gasteiger partial charge in [0.15, 0.2) is 0 Å². The van der Waals surface area contributed by atoms with Gasteiger partial charge in [-0.15, -0.1) is 0 Å². The van der Waals surface area contributed by atoms with Gasteiger partial charge in [-0.05, 0) is 0 Å². The molecule has 0 spiro atoms. The molecule has 0 saturated heterocycles. The quantitative estimate of drug-likeness (QED) is 0.694. The van der Waals surface area contributed by atoms with E-state index in [2.05, 4.69) is 66.3 Å². The summed E-state index contributed by atoms with van der Waals surface area (Å²) in [6, 6.07) is 6.41. The summed E-state index contributed by atoms with van der Waals surface area (Å²) < 4.78 is 1.16. The Bertz CT molecular complexity index is 425. The summed E-state index contributed by atoms with van der Waals surface area (Å²) in [5.41, 5.74) is 4.19. The van der Waals surface area contributed by atoms with E-state index in [1.165, 1.54) is 16.7 Å². The summed E-state index contributed by atoms with van der Waals surface area (Å²) >= 11 is 4.13. The third-order valence-corrected chi connectivity index (χ3v) is 3.22. The van der Waals surface area contributed by atoms with Crippen LogP contribution in [0, 0.1) is 0 Å². The number of hydrogen-bond donors (Lipinski definition) is 0. The Hall–Kier alpha value is -0.781. The van der Waals surface area contributed by atoms with Crippen LogP contribution in [0.4, 0.5) is 0 Å². The fourth-order valence-electron chi connectivity index (χ4n) is 2.04. The van der Waals surface area contributed by atoms with Gasteiger partial charge in [0.05, 0.1) is 0 Å². The monoisotopic (exact) mass is 239 g/mol. The molecule has 79 valence electrons. The Morgan fingerprint density at radius 2 is 2.07 bits per heavy atom. The van der Waals surface area contributed by atoms with Gasteiger partial charge in [0, 0.05) is 0 Å². The zero-order chi connectivity index (χ0) is 10.8. The molecule has 0 nitrogen and oxygen atoms in total. The standard InChI is InChI=1S/C14H15.Fe/c1-11(2)13-9-5-6-10-14(13)12-7-3-4-8-12;/h3-7,10-11H,8H2,1-2H3;. The maximum absolute atomic E-state index is 4.13. The van der Waals surface area contributed by atoms with Crippen LogP contribution in [0.5, 0.6) is 0 Å². The van der Waals surface area contributed by atoms with Gasteiger partial charge in [-0.25, -0.2) is 0 Å². The van der Waals surface area contributed by atoms with Crippen LogP contribution in [0.25, 0.3) is 5.57 Å². The van der Waals surface area contributed by atoms with Gasteiger partial charge in [0.2, 0.25) is 0 Å². The first-order valence-corrected chi connectivity index (χ1v) is 5.88. The molecule has 1 aromatic rings. The molecule has 0 saturated carbocycles. The normalized spacial score (nSPS) is 14.8. The molecule has 1 heteroatoms. The van der Waals surface area contributed by atoms with Crippen LogP contribution in [0.15, 0.2) is 36.4 Å². The Kier molecular flexibility index (Phi) is 3.14. The minimum absolute atomic E-state index is 0.537. The molecule has 15 heavy (non-hydrogen) atoms. The second-order valence-corrected chi connectivity index (χ2v) is 4.76. The van der Waals surface area contributed by atoms with E-state index in [0.29, 0.717) is 5.92 Å². The molecule has 1 aromatic carbocycles.